The van der Waals surface area contributed by atoms with Gasteiger partial charge in [0.1, 0.15) is 0 Å². The Morgan fingerprint density at radius 2 is 2.29 bits per heavy atom. The zero-order valence-corrected chi connectivity index (χ0v) is 10.8. The summed E-state index contributed by atoms with van der Waals surface area (Å²) in [6, 6.07) is 3.76. The lowest BCUT2D eigenvalue weighted by Crippen LogP contribution is -2.19. The van der Waals surface area contributed by atoms with Crippen molar-refractivity contribution in [3.8, 4) is 0 Å². The lowest BCUT2D eigenvalue weighted by atomic mass is 10.0. The maximum atomic E-state index is 10.0. The fourth-order valence-corrected chi connectivity index (χ4v) is 3.64. The molecule has 4 heteroatoms. The van der Waals surface area contributed by atoms with Gasteiger partial charge in [-0.3, -0.25) is 0 Å². The topological polar surface area (TPSA) is 20.2 Å². The first-order chi connectivity index (χ1) is 6.61. The molecule has 0 radical (unpaired) electrons. The number of rotatable bonds is 0. The van der Waals surface area contributed by atoms with E-state index in [0.29, 0.717) is 5.02 Å². The molecule has 0 spiro atoms. The average molecular weight is 294 g/mol. The minimum atomic E-state index is -0.450. The first-order valence-electron chi connectivity index (χ1n) is 4.37. The molecule has 1 aliphatic heterocycles. The predicted molar refractivity (Wildman–Crippen MR) is 64.9 cm³/mol. The molecule has 0 aliphatic carbocycles. The van der Waals surface area contributed by atoms with Crippen LogP contribution in [0.4, 0.5) is 0 Å². The van der Waals surface area contributed by atoms with Crippen LogP contribution in [0.3, 0.4) is 0 Å². The molecule has 1 aromatic carbocycles. The molecule has 1 heterocycles. The molecule has 0 saturated carbocycles. The molecule has 76 valence electrons. The van der Waals surface area contributed by atoms with Crippen LogP contribution in [-0.2, 0) is 5.75 Å². The number of hydrogen-bond acceptors (Lipinski definition) is 2. The van der Waals surface area contributed by atoms with Crippen LogP contribution in [0.25, 0.3) is 0 Å². The fourth-order valence-electron chi connectivity index (χ4n) is 1.62. The minimum absolute atomic E-state index is 0.217. The number of fused-ring (bicyclic) bond motifs is 1. The van der Waals surface area contributed by atoms with E-state index in [9.17, 15) is 5.11 Å². The van der Waals surface area contributed by atoms with Crippen molar-refractivity contribution < 1.29 is 5.11 Å². The van der Waals surface area contributed by atoms with E-state index in [2.05, 4.69) is 15.9 Å². The largest absolute Gasteiger partial charge is 0.387 e. The van der Waals surface area contributed by atoms with Crippen molar-refractivity contribution >= 4 is 39.3 Å². The molecule has 0 aromatic heterocycles. The third-order valence-corrected chi connectivity index (χ3v) is 4.79. The number of aliphatic hydroxyl groups excluding tert-OH is 1. The second kappa shape index (κ2) is 4.05. The van der Waals surface area contributed by atoms with Gasteiger partial charge in [0, 0.05) is 26.1 Å². The third-order valence-electron chi connectivity index (χ3n) is 2.48. The van der Waals surface area contributed by atoms with E-state index in [1.807, 2.05) is 19.1 Å². The van der Waals surface area contributed by atoms with E-state index in [1.165, 1.54) is 0 Å². The molecule has 1 aromatic rings. The molecule has 0 amide bonds. The molecule has 0 bridgehead atoms. The van der Waals surface area contributed by atoms with E-state index in [-0.39, 0.29) is 5.25 Å². The Balaban J connectivity index is 2.58. The standard InChI is InChI=1S/C10H10BrClOS/c1-5-10(13)9-6(4-14-5)7(11)2-3-8(9)12/h2-3,5,10,13H,4H2,1H3. The Hall–Kier alpha value is 0.300. The molecular weight excluding hydrogens is 284 g/mol. The molecule has 1 N–H and O–H groups in total. The lowest BCUT2D eigenvalue weighted by molar-refractivity contribution is 0.177. The van der Waals surface area contributed by atoms with Gasteiger partial charge in [0.25, 0.3) is 0 Å². The number of aliphatic hydroxyl groups is 1. The van der Waals surface area contributed by atoms with Gasteiger partial charge in [0.05, 0.1) is 6.10 Å². The van der Waals surface area contributed by atoms with Gasteiger partial charge < -0.3 is 5.11 Å². The van der Waals surface area contributed by atoms with Crippen molar-refractivity contribution in [1.29, 1.82) is 0 Å². The summed E-state index contributed by atoms with van der Waals surface area (Å²) in [5, 5.41) is 10.9. The van der Waals surface area contributed by atoms with E-state index < -0.39 is 6.10 Å². The maximum absolute atomic E-state index is 10.0. The van der Waals surface area contributed by atoms with Crippen molar-refractivity contribution in [3.05, 3.63) is 32.8 Å². The molecular formula is C10H10BrClOS. The van der Waals surface area contributed by atoms with Crippen molar-refractivity contribution in [2.24, 2.45) is 0 Å². The summed E-state index contributed by atoms with van der Waals surface area (Å²) < 4.78 is 1.04. The summed E-state index contributed by atoms with van der Waals surface area (Å²) in [6.07, 6.45) is -0.450. The summed E-state index contributed by atoms with van der Waals surface area (Å²) in [4.78, 5) is 0. The fraction of sp³-hybridized carbons (Fsp3) is 0.400. The quantitative estimate of drug-likeness (QED) is 0.786. The van der Waals surface area contributed by atoms with Crippen LogP contribution < -0.4 is 0 Å². The zero-order valence-electron chi connectivity index (χ0n) is 7.63. The van der Waals surface area contributed by atoms with Gasteiger partial charge in [0.15, 0.2) is 0 Å². The Bertz CT molecular complexity index is 369. The van der Waals surface area contributed by atoms with Crippen LogP contribution in [0.1, 0.15) is 24.2 Å². The van der Waals surface area contributed by atoms with Crippen LogP contribution in [0.15, 0.2) is 16.6 Å². The molecule has 2 rings (SSSR count). The lowest BCUT2D eigenvalue weighted by Gasteiger charge is -2.28. The third kappa shape index (κ3) is 1.71. The Morgan fingerprint density at radius 1 is 1.57 bits per heavy atom. The highest BCUT2D eigenvalue weighted by atomic mass is 79.9. The summed E-state index contributed by atoms with van der Waals surface area (Å²) in [6.45, 7) is 2.02. The van der Waals surface area contributed by atoms with Crippen LogP contribution >= 0.6 is 39.3 Å². The second-order valence-electron chi connectivity index (χ2n) is 3.38. The molecule has 0 fully saturated rings. The smallest absolute Gasteiger partial charge is 0.0923 e. The number of thioether (sulfide) groups is 1. The molecule has 1 aliphatic rings. The molecule has 14 heavy (non-hydrogen) atoms. The summed E-state index contributed by atoms with van der Waals surface area (Å²) in [5.41, 5.74) is 2.03. The number of benzene rings is 1. The van der Waals surface area contributed by atoms with E-state index in [4.69, 9.17) is 11.6 Å². The van der Waals surface area contributed by atoms with Gasteiger partial charge in [-0.25, -0.2) is 0 Å². The summed E-state index contributed by atoms with van der Waals surface area (Å²) >= 11 is 11.3. The van der Waals surface area contributed by atoms with Gasteiger partial charge in [-0.2, -0.15) is 11.8 Å². The second-order valence-corrected chi connectivity index (χ2v) is 6.01. The minimum Gasteiger partial charge on any atom is -0.387 e. The number of hydrogen-bond donors (Lipinski definition) is 1. The highest BCUT2D eigenvalue weighted by Gasteiger charge is 2.28. The average Bonchev–Trinajstić information content (AvgIpc) is 2.16. The van der Waals surface area contributed by atoms with Gasteiger partial charge in [-0.1, -0.05) is 34.5 Å². The normalized spacial score (nSPS) is 26.0. The molecule has 1 nitrogen and oxygen atoms in total. The Morgan fingerprint density at radius 3 is 3.00 bits per heavy atom. The van der Waals surface area contributed by atoms with Crippen molar-refractivity contribution in [2.45, 2.75) is 24.0 Å². The molecule has 2 unspecified atom stereocenters. The summed E-state index contributed by atoms with van der Waals surface area (Å²) in [5.74, 6) is 0.911. The van der Waals surface area contributed by atoms with E-state index in [0.717, 1.165) is 21.4 Å². The first-order valence-corrected chi connectivity index (χ1v) is 6.59. The molecule has 2 atom stereocenters. The number of halogens is 2. The maximum Gasteiger partial charge on any atom is 0.0923 e. The van der Waals surface area contributed by atoms with Crippen LogP contribution in [0, 0.1) is 0 Å². The van der Waals surface area contributed by atoms with Gasteiger partial charge in [0.2, 0.25) is 0 Å². The highest BCUT2D eigenvalue weighted by Crippen LogP contribution is 2.43. The summed E-state index contributed by atoms with van der Waals surface area (Å²) in [7, 11) is 0. The van der Waals surface area contributed by atoms with E-state index >= 15 is 0 Å². The van der Waals surface area contributed by atoms with Gasteiger partial charge in [-0.05, 0) is 17.7 Å². The SMILES string of the molecule is CC1SCc2c(Br)ccc(Cl)c2C1O. The van der Waals surface area contributed by atoms with Crippen molar-refractivity contribution in [1.82, 2.24) is 0 Å². The predicted octanol–water partition coefficient (Wildman–Crippen LogP) is 3.77. The van der Waals surface area contributed by atoms with Crippen molar-refractivity contribution in [2.75, 3.05) is 0 Å². The highest BCUT2D eigenvalue weighted by molar-refractivity contribution is 9.10. The zero-order chi connectivity index (χ0) is 10.3. The Labute approximate surface area is 101 Å². The monoisotopic (exact) mass is 292 g/mol. The van der Waals surface area contributed by atoms with Crippen LogP contribution in [-0.4, -0.2) is 10.4 Å². The van der Waals surface area contributed by atoms with Gasteiger partial charge in [-0.15, -0.1) is 0 Å². The van der Waals surface area contributed by atoms with Gasteiger partial charge >= 0.3 is 0 Å². The van der Waals surface area contributed by atoms with Crippen LogP contribution in [0.5, 0.6) is 0 Å². The van der Waals surface area contributed by atoms with E-state index in [1.54, 1.807) is 11.8 Å². The Kier molecular flexibility index (Phi) is 3.12. The first kappa shape index (κ1) is 10.8. The molecule has 0 saturated heterocycles. The van der Waals surface area contributed by atoms with Crippen molar-refractivity contribution in [3.63, 3.8) is 0 Å². The van der Waals surface area contributed by atoms with Crippen LogP contribution in [0.2, 0.25) is 5.02 Å².